The molecule has 0 aromatic heterocycles. The molecule has 0 aliphatic rings. The molecule has 0 aliphatic carbocycles. The van der Waals surface area contributed by atoms with Crippen LogP contribution in [0, 0.1) is 0 Å². The molecule has 0 spiro atoms. The Hall–Kier alpha value is -2.21. The average molecular weight is 413 g/mol. The van der Waals surface area contributed by atoms with Gasteiger partial charge in [0.1, 0.15) is 11.9 Å². The number of alkyl halides is 3. The molecule has 3 rings (SSSR count). The van der Waals surface area contributed by atoms with Crippen LogP contribution in [0.4, 0.5) is 13.2 Å². The van der Waals surface area contributed by atoms with Gasteiger partial charge in [0.2, 0.25) is 0 Å². The molecule has 1 atom stereocenters. The zero-order valence-electron chi connectivity index (χ0n) is 13.7. The van der Waals surface area contributed by atoms with Crippen molar-refractivity contribution in [2.45, 2.75) is 12.3 Å². The van der Waals surface area contributed by atoms with Gasteiger partial charge in [0.25, 0.3) is 0 Å². The molecule has 0 radical (unpaired) electrons. The molecular formula is C20H13Cl2F3O2. The van der Waals surface area contributed by atoms with E-state index in [2.05, 4.69) is 0 Å². The lowest BCUT2D eigenvalue weighted by Gasteiger charge is -2.15. The third-order valence-electron chi connectivity index (χ3n) is 3.86. The highest BCUT2D eigenvalue weighted by Gasteiger charge is 2.31. The molecule has 0 fully saturated rings. The fourth-order valence-electron chi connectivity index (χ4n) is 2.49. The summed E-state index contributed by atoms with van der Waals surface area (Å²) in [5, 5.41) is 11.1. The maximum Gasteiger partial charge on any atom is 0.416 e. The Kier molecular flexibility index (Phi) is 5.65. The molecule has 0 aliphatic heterocycles. The third kappa shape index (κ3) is 4.56. The largest absolute Gasteiger partial charge is 0.454 e. The lowest BCUT2D eigenvalue weighted by atomic mass is 9.99. The third-order valence-corrected chi connectivity index (χ3v) is 4.46. The first-order valence-electron chi connectivity index (χ1n) is 7.83. The van der Waals surface area contributed by atoms with Crippen LogP contribution in [0.1, 0.15) is 22.8 Å². The number of ether oxygens (including phenoxy) is 1. The Bertz CT molecular complexity index is 920. The molecule has 0 saturated heterocycles. The maximum absolute atomic E-state index is 12.8. The van der Waals surface area contributed by atoms with E-state index in [1.54, 1.807) is 42.5 Å². The van der Waals surface area contributed by atoms with E-state index in [9.17, 15) is 18.3 Å². The van der Waals surface area contributed by atoms with Crippen LogP contribution in [0.15, 0.2) is 66.7 Å². The van der Waals surface area contributed by atoms with Crippen molar-refractivity contribution in [2.24, 2.45) is 0 Å². The first kappa shape index (κ1) is 19.5. The van der Waals surface area contributed by atoms with Gasteiger partial charge in [0, 0.05) is 0 Å². The van der Waals surface area contributed by atoms with Crippen molar-refractivity contribution in [3.8, 4) is 11.5 Å². The predicted octanol–water partition coefficient (Wildman–Crippen LogP) is 6.89. The van der Waals surface area contributed by atoms with Gasteiger partial charge in [-0.1, -0.05) is 53.5 Å². The van der Waals surface area contributed by atoms with Crippen molar-refractivity contribution in [3.63, 3.8) is 0 Å². The number of aliphatic hydroxyl groups is 1. The van der Waals surface area contributed by atoms with Gasteiger partial charge >= 0.3 is 6.18 Å². The molecule has 3 aromatic rings. The highest BCUT2D eigenvalue weighted by Crippen LogP contribution is 2.37. The summed E-state index contributed by atoms with van der Waals surface area (Å²) in [6.07, 6.45) is -5.67. The summed E-state index contributed by atoms with van der Waals surface area (Å²) < 4.78 is 44.2. The minimum absolute atomic E-state index is 0.146. The van der Waals surface area contributed by atoms with Crippen molar-refractivity contribution >= 4 is 23.2 Å². The zero-order chi connectivity index (χ0) is 19.6. The second kappa shape index (κ2) is 7.80. The molecule has 3 aromatic carbocycles. The first-order valence-corrected chi connectivity index (χ1v) is 8.58. The molecule has 27 heavy (non-hydrogen) atoms. The van der Waals surface area contributed by atoms with Crippen LogP contribution in [-0.2, 0) is 6.18 Å². The van der Waals surface area contributed by atoms with Crippen molar-refractivity contribution < 1.29 is 23.0 Å². The van der Waals surface area contributed by atoms with Gasteiger partial charge in [-0.25, -0.2) is 0 Å². The minimum Gasteiger partial charge on any atom is -0.454 e. The second-order valence-electron chi connectivity index (χ2n) is 5.75. The van der Waals surface area contributed by atoms with E-state index in [4.69, 9.17) is 27.9 Å². The molecule has 0 saturated carbocycles. The van der Waals surface area contributed by atoms with E-state index in [1.165, 1.54) is 12.1 Å². The predicted molar refractivity (Wildman–Crippen MR) is 98.5 cm³/mol. The molecule has 140 valence electrons. The summed E-state index contributed by atoms with van der Waals surface area (Å²) in [5.41, 5.74) is -0.244. The van der Waals surface area contributed by atoms with Crippen molar-refractivity contribution in [3.05, 3.63) is 93.5 Å². The van der Waals surface area contributed by atoms with E-state index >= 15 is 0 Å². The van der Waals surface area contributed by atoms with Crippen molar-refractivity contribution in [2.75, 3.05) is 0 Å². The van der Waals surface area contributed by atoms with Crippen LogP contribution in [0.2, 0.25) is 10.0 Å². The minimum atomic E-state index is -4.47. The second-order valence-corrected chi connectivity index (χ2v) is 6.56. The van der Waals surface area contributed by atoms with Gasteiger partial charge in [-0.2, -0.15) is 13.2 Å². The first-order chi connectivity index (χ1) is 12.8. The highest BCUT2D eigenvalue weighted by molar-refractivity contribution is 6.37. The lowest BCUT2D eigenvalue weighted by molar-refractivity contribution is -0.137. The summed E-state index contributed by atoms with van der Waals surface area (Å²) in [4.78, 5) is 0. The SMILES string of the molecule is OC(c1ccc(Oc2c(Cl)cccc2Cl)cc1)c1cccc(C(F)(F)F)c1. The van der Waals surface area contributed by atoms with Crippen LogP contribution in [-0.4, -0.2) is 5.11 Å². The molecule has 0 bridgehead atoms. The number of rotatable bonds is 4. The Morgan fingerprint density at radius 3 is 2.00 bits per heavy atom. The van der Waals surface area contributed by atoms with E-state index in [-0.39, 0.29) is 5.56 Å². The van der Waals surface area contributed by atoms with Crippen LogP contribution in [0.5, 0.6) is 11.5 Å². The number of aliphatic hydroxyl groups excluding tert-OH is 1. The Morgan fingerprint density at radius 2 is 1.41 bits per heavy atom. The van der Waals surface area contributed by atoms with Crippen LogP contribution < -0.4 is 4.74 Å². The fraction of sp³-hybridized carbons (Fsp3) is 0.100. The summed E-state index contributed by atoms with van der Waals surface area (Å²) in [6.45, 7) is 0. The summed E-state index contributed by atoms with van der Waals surface area (Å²) in [7, 11) is 0. The van der Waals surface area contributed by atoms with E-state index in [0.717, 1.165) is 12.1 Å². The summed E-state index contributed by atoms with van der Waals surface area (Å²) in [6, 6.07) is 15.8. The number of halogens is 5. The standard InChI is InChI=1S/C20H13Cl2F3O2/c21-16-5-2-6-17(22)19(16)27-15-9-7-12(8-10-15)18(26)13-3-1-4-14(11-13)20(23,24)25/h1-11,18,26H. The van der Waals surface area contributed by atoms with Crippen LogP contribution >= 0.6 is 23.2 Å². The number of hydrogen-bond donors (Lipinski definition) is 1. The van der Waals surface area contributed by atoms with Crippen molar-refractivity contribution in [1.29, 1.82) is 0 Å². The van der Waals surface area contributed by atoms with Gasteiger partial charge in [-0.05, 0) is 47.5 Å². The smallest absolute Gasteiger partial charge is 0.416 e. The van der Waals surface area contributed by atoms with Gasteiger partial charge in [0.15, 0.2) is 5.75 Å². The Balaban J connectivity index is 1.81. The monoisotopic (exact) mass is 412 g/mol. The van der Waals surface area contributed by atoms with Crippen LogP contribution in [0.25, 0.3) is 0 Å². The lowest BCUT2D eigenvalue weighted by Crippen LogP contribution is -2.07. The number of para-hydroxylation sites is 1. The molecule has 1 unspecified atom stereocenters. The van der Waals surface area contributed by atoms with Gasteiger partial charge in [0.05, 0.1) is 15.6 Å². The molecule has 0 heterocycles. The van der Waals surface area contributed by atoms with E-state index in [0.29, 0.717) is 27.1 Å². The number of benzene rings is 3. The number of hydrogen-bond acceptors (Lipinski definition) is 2. The summed E-state index contributed by atoms with van der Waals surface area (Å²) >= 11 is 12.1. The molecule has 1 N–H and O–H groups in total. The Labute approximate surface area is 163 Å². The molecule has 7 heteroatoms. The molecule has 2 nitrogen and oxygen atoms in total. The average Bonchev–Trinajstić information content (AvgIpc) is 2.64. The van der Waals surface area contributed by atoms with Crippen molar-refractivity contribution in [1.82, 2.24) is 0 Å². The summed E-state index contributed by atoms with van der Waals surface area (Å²) in [5.74, 6) is 0.719. The Morgan fingerprint density at radius 1 is 0.815 bits per heavy atom. The highest BCUT2D eigenvalue weighted by atomic mass is 35.5. The maximum atomic E-state index is 12.8. The van der Waals surface area contributed by atoms with Gasteiger partial charge in [-0.15, -0.1) is 0 Å². The molecular weight excluding hydrogens is 400 g/mol. The molecule has 0 amide bonds. The van der Waals surface area contributed by atoms with E-state index in [1.807, 2.05) is 0 Å². The fourth-order valence-corrected chi connectivity index (χ4v) is 2.97. The van der Waals surface area contributed by atoms with Gasteiger partial charge < -0.3 is 9.84 Å². The van der Waals surface area contributed by atoms with Gasteiger partial charge in [-0.3, -0.25) is 0 Å². The normalized spacial score (nSPS) is 12.7. The quantitative estimate of drug-likeness (QED) is 0.505. The topological polar surface area (TPSA) is 29.5 Å². The van der Waals surface area contributed by atoms with E-state index < -0.39 is 17.8 Å². The van der Waals surface area contributed by atoms with Crippen LogP contribution in [0.3, 0.4) is 0 Å². The zero-order valence-corrected chi connectivity index (χ0v) is 15.2.